The lowest BCUT2D eigenvalue weighted by molar-refractivity contribution is 0.0771. The number of hydrogen-bond acceptors (Lipinski definition) is 4. The second kappa shape index (κ2) is 7.96. The van der Waals surface area contributed by atoms with Crippen molar-refractivity contribution in [1.82, 2.24) is 9.21 Å². The molecule has 6 nitrogen and oxygen atoms in total. The highest BCUT2D eigenvalue weighted by molar-refractivity contribution is 7.89. The molecule has 1 aromatic carbocycles. The Kier molecular flexibility index (Phi) is 6.06. The van der Waals surface area contributed by atoms with Crippen molar-refractivity contribution in [3.05, 3.63) is 28.8 Å². The van der Waals surface area contributed by atoms with E-state index in [2.05, 4.69) is 0 Å². The van der Waals surface area contributed by atoms with Crippen molar-refractivity contribution in [3.8, 4) is 0 Å². The summed E-state index contributed by atoms with van der Waals surface area (Å²) < 4.78 is 39.0. The lowest BCUT2D eigenvalue weighted by atomic mass is 10.0. The van der Waals surface area contributed by atoms with Crippen LogP contribution < -0.4 is 0 Å². The molecule has 0 bridgehead atoms. The van der Waals surface area contributed by atoms with Gasteiger partial charge in [0.2, 0.25) is 10.0 Å². The molecule has 26 heavy (non-hydrogen) atoms. The van der Waals surface area contributed by atoms with Gasteiger partial charge in [0.15, 0.2) is 0 Å². The van der Waals surface area contributed by atoms with Gasteiger partial charge in [-0.3, -0.25) is 9.00 Å². The van der Waals surface area contributed by atoms with Crippen LogP contribution in [0.4, 0.5) is 0 Å². The highest BCUT2D eigenvalue weighted by Crippen LogP contribution is 2.29. The Morgan fingerprint density at radius 2 is 1.92 bits per heavy atom. The molecule has 1 atom stereocenters. The molecule has 1 aromatic rings. The SMILES string of the molecule is CC1CCCN(S(=O)(=O)c2cc(C(=O)N3CCS(=O)CC3)ccc2Cl)C1. The average Bonchev–Trinajstić information content (AvgIpc) is 2.62. The molecule has 1 unspecified atom stereocenters. The van der Waals surface area contributed by atoms with Crippen LogP contribution in [0.2, 0.25) is 5.02 Å². The summed E-state index contributed by atoms with van der Waals surface area (Å²) in [4.78, 5) is 14.3. The van der Waals surface area contributed by atoms with E-state index in [1.54, 1.807) is 11.0 Å². The molecule has 2 saturated heterocycles. The van der Waals surface area contributed by atoms with E-state index in [0.717, 1.165) is 12.8 Å². The fraction of sp³-hybridized carbons (Fsp3) is 0.588. The van der Waals surface area contributed by atoms with Crippen LogP contribution in [0.15, 0.2) is 23.1 Å². The average molecular weight is 419 g/mol. The van der Waals surface area contributed by atoms with Crippen molar-refractivity contribution in [1.29, 1.82) is 0 Å². The third-order valence-corrected chi connectivity index (χ3v) is 8.50. The second-order valence-corrected chi connectivity index (χ2v) is 10.9. The van der Waals surface area contributed by atoms with Crippen LogP contribution in [0.25, 0.3) is 0 Å². The fourth-order valence-corrected chi connectivity index (χ4v) is 6.51. The number of benzene rings is 1. The Hall–Kier alpha value is -0.960. The fourth-order valence-electron chi connectivity index (χ4n) is 3.36. The van der Waals surface area contributed by atoms with Gasteiger partial charge in [0.1, 0.15) is 4.90 Å². The van der Waals surface area contributed by atoms with Crippen LogP contribution in [0.1, 0.15) is 30.1 Å². The quantitative estimate of drug-likeness (QED) is 0.752. The number of carbonyl (C=O) groups is 1. The van der Waals surface area contributed by atoms with Gasteiger partial charge < -0.3 is 4.90 Å². The number of carbonyl (C=O) groups excluding carboxylic acids is 1. The van der Waals surface area contributed by atoms with Gasteiger partial charge in [0.25, 0.3) is 5.91 Å². The first kappa shape index (κ1) is 19.8. The van der Waals surface area contributed by atoms with E-state index in [1.165, 1.54) is 16.4 Å². The van der Waals surface area contributed by atoms with E-state index in [9.17, 15) is 17.4 Å². The van der Waals surface area contributed by atoms with Gasteiger partial charge in [-0.2, -0.15) is 4.31 Å². The Bertz CT molecular complexity index is 818. The maximum atomic E-state index is 13.0. The van der Waals surface area contributed by atoms with Crippen LogP contribution in [0.3, 0.4) is 0 Å². The Morgan fingerprint density at radius 1 is 1.23 bits per heavy atom. The molecule has 0 aromatic heterocycles. The third-order valence-electron chi connectivity index (χ3n) is 4.88. The molecule has 2 fully saturated rings. The summed E-state index contributed by atoms with van der Waals surface area (Å²) in [5.41, 5.74) is 0.297. The minimum absolute atomic E-state index is 0.0142. The molecule has 0 saturated carbocycles. The number of rotatable bonds is 3. The van der Waals surface area contributed by atoms with Crippen molar-refractivity contribution >= 4 is 38.3 Å². The van der Waals surface area contributed by atoms with Crippen LogP contribution >= 0.6 is 11.6 Å². The highest BCUT2D eigenvalue weighted by Gasteiger charge is 2.31. The zero-order valence-corrected chi connectivity index (χ0v) is 17.1. The van der Waals surface area contributed by atoms with Crippen LogP contribution in [-0.2, 0) is 20.8 Å². The van der Waals surface area contributed by atoms with Gasteiger partial charge >= 0.3 is 0 Å². The van der Waals surface area contributed by atoms with Gasteiger partial charge in [0.05, 0.1) is 5.02 Å². The van der Waals surface area contributed by atoms with E-state index in [4.69, 9.17) is 11.6 Å². The summed E-state index contributed by atoms with van der Waals surface area (Å²) in [7, 11) is -4.62. The maximum absolute atomic E-state index is 13.0. The molecular weight excluding hydrogens is 396 g/mol. The summed E-state index contributed by atoms with van der Waals surface area (Å²) in [5, 5.41) is 0.125. The first-order valence-corrected chi connectivity index (χ1v) is 12.0. The van der Waals surface area contributed by atoms with E-state index in [0.29, 0.717) is 49.2 Å². The summed E-state index contributed by atoms with van der Waals surface area (Å²) in [6, 6.07) is 4.40. The molecular formula is C17H23ClN2O4S2. The normalized spacial score (nSPS) is 23.2. The molecule has 0 N–H and O–H groups in total. The lowest BCUT2D eigenvalue weighted by Crippen LogP contribution is -2.42. The van der Waals surface area contributed by atoms with Crippen molar-refractivity contribution in [3.63, 3.8) is 0 Å². The van der Waals surface area contributed by atoms with Crippen molar-refractivity contribution in [2.45, 2.75) is 24.7 Å². The largest absolute Gasteiger partial charge is 0.337 e. The van der Waals surface area contributed by atoms with E-state index < -0.39 is 20.8 Å². The number of nitrogens with zero attached hydrogens (tertiary/aromatic N) is 2. The summed E-state index contributed by atoms with van der Waals surface area (Å²) in [6.07, 6.45) is 1.83. The Labute approximate surface area is 162 Å². The Morgan fingerprint density at radius 3 is 2.58 bits per heavy atom. The molecule has 144 valence electrons. The summed E-state index contributed by atoms with van der Waals surface area (Å²) in [6.45, 7) is 3.80. The summed E-state index contributed by atoms with van der Waals surface area (Å²) >= 11 is 6.17. The topological polar surface area (TPSA) is 74.8 Å². The number of piperidine rings is 1. The molecule has 3 rings (SSSR count). The van der Waals surface area contributed by atoms with Crippen LogP contribution in [0, 0.1) is 5.92 Å². The standard InChI is InChI=1S/C17H23ClN2O4S2/c1-13-3-2-6-20(12-13)26(23,24)16-11-14(4-5-15(16)18)17(21)19-7-9-25(22)10-8-19/h4-5,11,13H,2-3,6-10,12H2,1H3. The van der Waals surface area contributed by atoms with Gasteiger partial charge in [-0.1, -0.05) is 18.5 Å². The molecule has 2 aliphatic heterocycles. The van der Waals surface area contributed by atoms with Gasteiger partial charge in [0, 0.05) is 54.0 Å². The van der Waals surface area contributed by atoms with Crippen molar-refractivity contribution in [2.75, 3.05) is 37.7 Å². The smallest absolute Gasteiger partial charge is 0.253 e. The van der Waals surface area contributed by atoms with E-state index in [1.807, 2.05) is 6.92 Å². The number of halogens is 1. The van der Waals surface area contributed by atoms with Gasteiger partial charge in [-0.25, -0.2) is 8.42 Å². The first-order chi connectivity index (χ1) is 12.3. The zero-order valence-electron chi connectivity index (χ0n) is 14.7. The van der Waals surface area contributed by atoms with Crippen LogP contribution in [-0.4, -0.2) is 65.4 Å². The third kappa shape index (κ3) is 4.13. The summed E-state index contributed by atoms with van der Waals surface area (Å²) in [5.74, 6) is 0.963. The minimum Gasteiger partial charge on any atom is -0.337 e. The minimum atomic E-state index is -3.74. The van der Waals surface area contributed by atoms with E-state index in [-0.39, 0.29) is 15.8 Å². The van der Waals surface area contributed by atoms with Gasteiger partial charge in [-0.15, -0.1) is 0 Å². The van der Waals surface area contributed by atoms with Crippen molar-refractivity contribution in [2.24, 2.45) is 5.92 Å². The van der Waals surface area contributed by atoms with E-state index >= 15 is 0 Å². The molecule has 0 radical (unpaired) electrons. The molecule has 0 spiro atoms. The predicted octanol–water partition coefficient (Wildman–Crippen LogP) is 1.97. The monoisotopic (exact) mass is 418 g/mol. The number of amides is 1. The van der Waals surface area contributed by atoms with Crippen molar-refractivity contribution < 1.29 is 17.4 Å². The maximum Gasteiger partial charge on any atom is 0.253 e. The zero-order chi connectivity index (χ0) is 18.9. The molecule has 2 heterocycles. The molecule has 0 aliphatic carbocycles. The Balaban J connectivity index is 1.87. The molecule has 2 aliphatic rings. The van der Waals surface area contributed by atoms with Crippen LogP contribution in [0.5, 0.6) is 0 Å². The van der Waals surface area contributed by atoms with Gasteiger partial charge in [-0.05, 0) is 37.0 Å². The predicted molar refractivity (Wildman–Crippen MR) is 102 cm³/mol. The first-order valence-electron chi connectivity index (χ1n) is 8.73. The highest BCUT2D eigenvalue weighted by atomic mass is 35.5. The molecule has 9 heteroatoms. The lowest BCUT2D eigenvalue weighted by Gasteiger charge is -2.30. The second-order valence-electron chi connectivity index (χ2n) is 6.90. The number of hydrogen-bond donors (Lipinski definition) is 0. The molecule has 1 amide bonds. The number of sulfonamides is 1.